The van der Waals surface area contributed by atoms with Gasteiger partial charge in [0.15, 0.2) is 5.13 Å². The van der Waals surface area contributed by atoms with Gasteiger partial charge in [-0.1, -0.05) is 12.1 Å². The van der Waals surface area contributed by atoms with Gasteiger partial charge in [-0.2, -0.15) is 0 Å². The van der Waals surface area contributed by atoms with Crippen LogP contribution in [0.4, 0.5) is 5.13 Å². The van der Waals surface area contributed by atoms with Crippen LogP contribution in [0.2, 0.25) is 0 Å². The molecule has 5 nitrogen and oxygen atoms in total. The topological polar surface area (TPSA) is 60.5 Å². The van der Waals surface area contributed by atoms with E-state index in [1.54, 1.807) is 12.1 Å². The molecule has 0 aliphatic carbocycles. The van der Waals surface area contributed by atoms with E-state index in [4.69, 9.17) is 9.31 Å². The molecule has 0 radical (unpaired) electrons. The van der Waals surface area contributed by atoms with Crippen LogP contribution in [0, 0.1) is 45.0 Å². The molecule has 8 heteroatoms. The van der Waals surface area contributed by atoms with Gasteiger partial charge in [-0.05, 0) is 45.3 Å². The van der Waals surface area contributed by atoms with Gasteiger partial charge in [0.1, 0.15) is 0 Å². The predicted molar refractivity (Wildman–Crippen MR) is 106 cm³/mol. The van der Waals surface area contributed by atoms with E-state index in [0.717, 1.165) is 16.0 Å². The molecule has 0 saturated carbocycles. The van der Waals surface area contributed by atoms with Gasteiger partial charge in [-0.3, -0.25) is 10.1 Å². The van der Waals surface area contributed by atoms with Crippen molar-refractivity contribution in [3.8, 4) is 0 Å². The maximum Gasteiger partial charge on any atom is 2.00 e. The number of carbonyl (C=O) groups is 1. The summed E-state index contributed by atoms with van der Waals surface area (Å²) in [6.07, 6.45) is 0.550. The first-order valence-corrected chi connectivity index (χ1v) is 9.32. The monoisotopic (exact) mass is 608 g/mol. The third-order valence-electron chi connectivity index (χ3n) is 4.93. The van der Waals surface area contributed by atoms with Gasteiger partial charge in [-0.25, -0.2) is 13.3 Å². The van der Waals surface area contributed by atoms with E-state index in [1.807, 2.05) is 39.8 Å². The molecule has 0 spiro atoms. The molecule has 1 saturated heterocycles. The summed E-state index contributed by atoms with van der Waals surface area (Å²) in [4.78, 5) is 17.6. The molecule has 1 amide bonds. The average Bonchev–Trinajstić information content (AvgIpc) is 3.03. The van der Waals surface area contributed by atoms with Crippen molar-refractivity contribution in [2.45, 2.75) is 45.3 Å². The summed E-state index contributed by atoms with van der Waals surface area (Å²) < 4.78 is 12.1. The number of carbonyl (C=O) groups excluding carboxylic acids is 1. The third kappa shape index (κ3) is 4.63. The van der Waals surface area contributed by atoms with E-state index >= 15 is 0 Å². The largest absolute Gasteiger partial charge is 2.00 e. The minimum Gasteiger partial charge on any atom is -0.399 e. The quantitative estimate of drug-likeness (QED) is 0.428. The van der Waals surface area contributed by atoms with E-state index in [9.17, 15) is 4.79 Å². The molecule has 0 bridgehead atoms. The molecule has 1 aliphatic heterocycles. The second kappa shape index (κ2) is 8.30. The number of thiazole rings is 1. The Morgan fingerprint density at radius 2 is 1.74 bits per heavy atom. The summed E-state index contributed by atoms with van der Waals surface area (Å²) >= 11 is 1.35. The van der Waals surface area contributed by atoms with Crippen molar-refractivity contribution in [3.63, 3.8) is 0 Å². The predicted octanol–water partition coefficient (Wildman–Crippen LogP) is 3.25. The van der Waals surface area contributed by atoms with E-state index < -0.39 is 18.3 Å². The fourth-order valence-corrected chi connectivity index (χ4v) is 3.37. The normalized spacial score (nSPS) is 17.4. The number of aromatic nitrogens is 1. The van der Waals surface area contributed by atoms with Crippen LogP contribution < -0.4 is 10.8 Å². The van der Waals surface area contributed by atoms with Crippen molar-refractivity contribution in [2.75, 3.05) is 5.32 Å². The van der Waals surface area contributed by atoms with Crippen LogP contribution in [0.25, 0.3) is 0 Å². The second-order valence-electron chi connectivity index (χ2n) is 7.30. The van der Waals surface area contributed by atoms with Gasteiger partial charge in [0, 0.05) is 5.56 Å². The van der Waals surface area contributed by atoms with Crippen LogP contribution in [0.1, 0.15) is 48.6 Å². The zero-order valence-electron chi connectivity index (χ0n) is 16.1. The molecule has 1 aromatic heterocycles. The van der Waals surface area contributed by atoms with Gasteiger partial charge < -0.3 is 21.2 Å². The molecule has 0 unspecified atom stereocenters. The molecule has 27 heavy (non-hydrogen) atoms. The molecule has 1 aliphatic rings. The van der Waals surface area contributed by atoms with Crippen molar-refractivity contribution in [1.82, 2.24) is 4.98 Å². The number of rotatable bonds is 4. The Balaban J connectivity index is 0.00000261. The maximum absolute atomic E-state index is 12.4. The number of nitrogens with one attached hydrogen (secondary N) is 1. The Bertz CT molecular complexity index is 805. The van der Waals surface area contributed by atoms with Crippen LogP contribution in [0.5, 0.6) is 0 Å². The Morgan fingerprint density at radius 1 is 1.19 bits per heavy atom. The summed E-state index contributed by atoms with van der Waals surface area (Å²) in [5, 5.41) is 3.34. The summed E-state index contributed by atoms with van der Waals surface area (Å²) in [6, 6.07) is 7.23. The van der Waals surface area contributed by atoms with Crippen LogP contribution in [0.15, 0.2) is 24.3 Å². The molecule has 1 N–H and O–H groups in total. The first-order chi connectivity index (χ1) is 12.1. The molecule has 2 heterocycles. The van der Waals surface area contributed by atoms with Gasteiger partial charge in [0.25, 0.3) is 5.91 Å². The standard InChI is InChI=1S/C19H23BN2O3S.U/c1-7-15-12(2)26-17(21-15)22-16(23)13-8-10-14(11-9-13)20-24-18(3,4)19(5,6)25-20;/h8-11H,1-2,7H2,3-6H3,(H,21,22,23);/q-2;+2. The summed E-state index contributed by atoms with van der Waals surface area (Å²) in [5.74, 6) is -0.213. The fourth-order valence-electron chi connectivity index (χ4n) is 2.57. The number of hydrogen-bond donors (Lipinski definition) is 1. The summed E-state index contributed by atoms with van der Waals surface area (Å²) in [6.45, 7) is 15.8. The average molecular weight is 608 g/mol. The van der Waals surface area contributed by atoms with Crippen molar-refractivity contribution >= 4 is 35.0 Å². The molecule has 3 rings (SSSR count). The molecule has 1 fully saturated rings. The Morgan fingerprint density at radius 3 is 2.22 bits per heavy atom. The van der Waals surface area contributed by atoms with E-state index in [1.165, 1.54) is 11.3 Å². The van der Waals surface area contributed by atoms with E-state index in [2.05, 4.69) is 24.1 Å². The number of amides is 1. The van der Waals surface area contributed by atoms with Crippen molar-refractivity contribution in [2.24, 2.45) is 0 Å². The maximum atomic E-state index is 12.4. The van der Waals surface area contributed by atoms with E-state index in [-0.39, 0.29) is 37.0 Å². The third-order valence-corrected chi connectivity index (χ3v) is 5.80. The Kier molecular flexibility index (Phi) is 6.92. The minimum absolute atomic E-state index is 0. The molecule has 2 aromatic rings. The Hall–Kier alpha value is -0.773. The van der Waals surface area contributed by atoms with Crippen molar-refractivity contribution in [1.29, 1.82) is 0 Å². The smallest absolute Gasteiger partial charge is 0.399 e. The first kappa shape index (κ1) is 22.5. The molecule has 0 atom stereocenters. The van der Waals surface area contributed by atoms with Crippen LogP contribution in [0.3, 0.4) is 0 Å². The van der Waals surface area contributed by atoms with Gasteiger partial charge >= 0.3 is 38.2 Å². The summed E-state index contributed by atoms with van der Waals surface area (Å²) in [5.41, 5.74) is 1.45. The second-order valence-corrected chi connectivity index (χ2v) is 8.39. The SMILES string of the molecule is [CH2-]Cc1nc(NC(=O)c2ccc(B3OC(C)(C)C(C)(C)O3)cc2)sc1[CH2-].[U+2]. The van der Waals surface area contributed by atoms with Crippen LogP contribution >= 0.6 is 11.3 Å². The number of benzene rings is 1. The zero-order chi connectivity index (χ0) is 19.1. The number of nitrogens with zero attached hydrogens (tertiary/aromatic N) is 1. The minimum atomic E-state index is -0.440. The van der Waals surface area contributed by atoms with Crippen molar-refractivity contribution < 1.29 is 45.2 Å². The molecule has 1 aromatic carbocycles. The molecular weight excluding hydrogens is 585 g/mol. The van der Waals surface area contributed by atoms with Crippen molar-refractivity contribution in [3.05, 3.63) is 54.2 Å². The van der Waals surface area contributed by atoms with E-state index in [0.29, 0.717) is 17.1 Å². The molecular formula is C19H23BN2O3SU. The Labute approximate surface area is 189 Å². The first-order valence-electron chi connectivity index (χ1n) is 8.51. The fraction of sp³-hybridized carbons (Fsp3) is 0.368. The molecule has 140 valence electrons. The zero-order valence-corrected chi connectivity index (χ0v) is 21.1. The van der Waals surface area contributed by atoms with Gasteiger partial charge in [-0.15, -0.1) is 21.9 Å². The number of hydrogen-bond acceptors (Lipinski definition) is 5. The van der Waals surface area contributed by atoms with Gasteiger partial charge in [0.05, 0.1) is 11.2 Å². The van der Waals surface area contributed by atoms with Gasteiger partial charge in [0.2, 0.25) is 0 Å². The summed E-state index contributed by atoms with van der Waals surface area (Å²) in [7, 11) is -0.440. The number of anilines is 1. The van der Waals surface area contributed by atoms with Crippen LogP contribution in [-0.4, -0.2) is 29.2 Å². The van der Waals surface area contributed by atoms with Crippen LogP contribution in [-0.2, 0) is 15.7 Å².